The van der Waals surface area contributed by atoms with E-state index in [2.05, 4.69) is 0 Å². The molecule has 0 aromatic carbocycles. The van der Waals surface area contributed by atoms with Gasteiger partial charge in [-0.2, -0.15) is 0 Å². The number of hydrogen-bond donors (Lipinski definition) is 0. The molecule has 0 radical (unpaired) electrons. The van der Waals surface area contributed by atoms with Gasteiger partial charge < -0.3 is 0 Å². The van der Waals surface area contributed by atoms with Crippen molar-refractivity contribution >= 4 is 23.1 Å². The van der Waals surface area contributed by atoms with Crippen molar-refractivity contribution in [3.05, 3.63) is 23.3 Å². The maximum absolute atomic E-state index is 11.2. The number of hydrogen-bond acceptors (Lipinski definition) is 4. The molecule has 0 N–H and O–H groups in total. The SMILES string of the molecule is CC(=O)C1=CC(=O)C(C(C)=O)=CC1=O. The van der Waals surface area contributed by atoms with E-state index in [1.54, 1.807) is 0 Å². The van der Waals surface area contributed by atoms with Crippen LogP contribution in [-0.4, -0.2) is 23.1 Å². The predicted molar refractivity (Wildman–Crippen MR) is 47.5 cm³/mol. The topological polar surface area (TPSA) is 68.3 Å². The quantitative estimate of drug-likeness (QED) is 0.462. The Morgan fingerprint density at radius 1 is 0.857 bits per heavy atom. The van der Waals surface area contributed by atoms with Gasteiger partial charge in [0.25, 0.3) is 0 Å². The van der Waals surface area contributed by atoms with E-state index in [9.17, 15) is 19.2 Å². The molecule has 0 atom stereocenters. The van der Waals surface area contributed by atoms with E-state index >= 15 is 0 Å². The highest BCUT2D eigenvalue weighted by Gasteiger charge is 2.24. The third kappa shape index (κ3) is 1.74. The van der Waals surface area contributed by atoms with Crippen LogP contribution < -0.4 is 0 Å². The van der Waals surface area contributed by atoms with Gasteiger partial charge in [0.05, 0.1) is 11.1 Å². The first-order valence-corrected chi connectivity index (χ1v) is 3.97. The summed E-state index contributed by atoms with van der Waals surface area (Å²) < 4.78 is 0. The van der Waals surface area contributed by atoms with Crippen molar-refractivity contribution in [3.8, 4) is 0 Å². The van der Waals surface area contributed by atoms with Gasteiger partial charge in [-0.1, -0.05) is 0 Å². The molecule has 0 aromatic heterocycles. The number of ketones is 4. The Hall–Kier alpha value is -1.84. The van der Waals surface area contributed by atoms with Crippen molar-refractivity contribution < 1.29 is 19.2 Å². The molecule has 0 saturated heterocycles. The molecule has 4 heteroatoms. The predicted octanol–water partition coefficient (Wildman–Crippen LogP) is 0.169. The normalized spacial score (nSPS) is 16.1. The summed E-state index contributed by atoms with van der Waals surface area (Å²) in [5, 5.41) is 0. The molecule has 14 heavy (non-hydrogen) atoms. The highest BCUT2D eigenvalue weighted by Crippen LogP contribution is 2.13. The lowest BCUT2D eigenvalue weighted by Crippen LogP contribution is -2.20. The Balaban J connectivity index is 3.14. The Labute approximate surface area is 80.3 Å². The number of rotatable bonds is 2. The highest BCUT2D eigenvalue weighted by molar-refractivity contribution is 6.37. The molecule has 0 bridgehead atoms. The van der Waals surface area contributed by atoms with E-state index < -0.39 is 23.1 Å². The molecule has 1 aliphatic rings. The van der Waals surface area contributed by atoms with Gasteiger partial charge >= 0.3 is 0 Å². The molecular formula is C10H8O4. The summed E-state index contributed by atoms with van der Waals surface area (Å²) >= 11 is 0. The Morgan fingerprint density at radius 3 is 1.36 bits per heavy atom. The molecular weight excluding hydrogens is 184 g/mol. The van der Waals surface area contributed by atoms with Crippen LogP contribution in [-0.2, 0) is 19.2 Å². The zero-order valence-electron chi connectivity index (χ0n) is 7.79. The molecule has 4 nitrogen and oxygen atoms in total. The third-order valence-corrected chi connectivity index (χ3v) is 1.84. The molecule has 0 amide bonds. The summed E-state index contributed by atoms with van der Waals surface area (Å²) in [6.07, 6.45) is 1.84. The van der Waals surface area contributed by atoms with Crippen LogP contribution in [0.3, 0.4) is 0 Å². The minimum absolute atomic E-state index is 0.167. The number of carbonyl (C=O) groups excluding carboxylic acids is 4. The van der Waals surface area contributed by atoms with Crippen LogP contribution in [0.5, 0.6) is 0 Å². The smallest absolute Gasteiger partial charge is 0.190 e. The second-order valence-electron chi connectivity index (χ2n) is 2.96. The summed E-state index contributed by atoms with van der Waals surface area (Å²) in [5.41, 5.74) is -0.333. The first kappa shape index (κ1) is 10.2. The van der Waals surface area contributed by atoms with Crippen molar-refractivity contribution in [2.24, 2.45) is 0 Å². The van der Waals surface area contributed by atoms with Gasteiger partial charge in [0.1, 0.15) is 0 Å². The van der Waals surface area contributed by atoms with E-state index in [0.717, 1.165) is 12.2 Å². The summed E-state index contributed by atoms with van der Waals surface area (Å²) in [6.45, 7) is 2.40. The summed E-state index contributed by atoms with van der Waals surface area (Å²) in [7, 11) is 0. The van der Waals surface area contributed by atoms with E-state index in [-0.39, 0.29) is 11.1 Å². The zero-order chi connectivity index (χ0) is 10.9. The molecule has 0 unspecified atom stereocenters. The molecule has 0 aromatic rings. The van der Waals surface area contributed by atoms with Gasteiger partial charge in [0.2, 0.25) is 0 Å². The minimum atomic E-state index is -0.581. The van der Waals surface area contributed by atoms with Crippen LogP contribution in [0, 0.1) is 0 Å². The second-order valence-corrected chi connectivity index (χ2v) is 2.96. The van der Waals surface area contributed by atoms with Gasteiger partial charge in [0.15, 0.2) is 23.1 Å². The van der Waals surface area contributed by atoms with Crippen molar-refractivity contribution in [1.82, 2.24) is 0 Å². The fraction of sp³-hybridized carbons (Fsp3) is 0.200. The van der Waals surface area contributed by atoms with Crippen LogP contribution >= 0.6 is 0 Å². The van der Waals surface area contributed by atoms with E-state index in [4.69, 9.17) is 0 Å². The molecule has 1 rings (SSSR count). The summed E-state index contributed by atoms with van der Waals surface area (Å²) in [6, 6.07) is 0. The first-order chi connectivity index (χ1) is 6.43. The fourth-order valence-corrected chi connectivity index (χ4v) is 1.11. The third-order valence-electron chi connectivity index (χ3n) is 1.84. The van der Waals surface area contributed by atoms with E-state index in [1.165, 1.54) is 13.8 Å². The second kappa shape index (κ2) is 3.49. The van der Waals surface area contributed by atoms with Gasteiger partial charge in [-0.25, -0.2) is 0 Å². The van der Waals surface area contributed by atoms with Crippen molar-refractivity contribution in [2.45, 2.75) is 13.8 Å². The van der Waals surface area contributed by atoms with Gasteiger partial charge in [0, 0.05) is 12.2 Å². The summed E-state index contributed by atoms with van der Waals surface area (Å²) in [5.74, 6) is -2.10. The Morgan fingerprint density at radius 2 is 1.14 bits per heavy atom. The van der Waals surface area contributed by atoms with E-state index in [0.29, 0.717) is 0 Å². The van der Waals surface area contributed by atoms with Gasteiger partial charge in [-0.15, -0.1) is 0 Å². The molecule has 0 saturated carbocycles. The van der Waals surface area contributed by atoms with Gasteiger partial charge in [-0.3, -0.25) is 19.2 Å². The molecule has 72 valence electrons. The van der Waals surface area contributed by atoms with Crippen LogP contribution in [0.1, 0.15) is 13.8 Å². The largest absolute Gasteiger partial charge is 0.294 e. The van der Waals surface area contributed by atoms with Crippen LogP contribution in [0.25, 0.3) is 0 Å². The maximum Gasteiger partial charge on any atom is 0.190 e. The molecule has 1 aliphatic carbocycles. The van der Waals surface area contributed by atoms with Crippen LogP contribution in [0.2, 0.25) is 0 Å². The number of allylic oxidation sites excluding steroid dienone is 4. The van der Waals surface area contributed by atoms with Gasteiger partial charge in [-0.05, 0) is 13.8 Å². The van der Waals surface area contributed by atoms with Crippen molar-refractivity contribution in [2.75, 3.05) is 0 Å². The monoisotopic (exact) mass is 192 g/mol. The van der Waals surface area contributed by atoms with Crippen molar-refractivity contribution in [1.29, 1.82) is 0 Å². The summed E-state index contributed by atoms with van der Waals surface area (Å²) in [4.78, 5) is 44.2. The maximum atomic E-state index is 11.2. The highest BCUT2D eigenvalue weighted by atomic mass is 16.2. The lowest BCUT2D eigenvalue weighted by molar-refractivity contribution is -0.122. The molecule has 0 aliphatic heterocycles. The van der Waals surface area contributed by atoms with Crippen LogP contribution in [0.4, 0.5) is 0 Å². The molecule has 0 spiro atoms. The van der Waals surface area contributed by atoms with E-state index in [1.807, 2.05) is 0 Å². The Bertz CT molecular complexity index is 370. The number of carbonyl (C=O) groups is 4. The lowest BCUT2D eigenvalue weighted by Gasteiger charge is -2.06. The molecule has 0 fully saturated rings. The van der Waals surface area contributed by atoms with Crippen LogP contribution in [0.15, 0.2) is 23.3 Å². The van der Waals surface area contributed by atoms with Crippen molar-refractivity contribution in [3.63, 3.8) is 0 Å². The molecule has 0 heterocycles. The number of Topliss-reactive ketones (excluding diaryl/α,β-unsaturated/α-hetero) is 2. The zero-order valence-corrected chi connectivity index (χ0v) is 7.79. The Kier molecular flexibility index (Phi) is 2.56. The fourth-order valence-electron chi connectivity index (χ4n) is 1.11. The first-order valence-electron chi connectivity index (χ1n) is 3.97. The average molecular weight is 192 g/mol. The average Bonchev–Trinajstić information content (AvgIpc) is 2.07. The minimum Gasteiger partial charge on any atom is -0.294 e. The standard InChI is InChI=1S/C10H8O4/c1-5(11)7-3-10(14)8(6(2)12)4-9(7)13/h3-4H,1-2H3. The lowest BCUT2D eigenvalue weighted by atomic mass is 9.93.